The SMILES string of the molecule is COCCN(CCC#N)S(=O)(=O)N1CC[C@@]2(CCOC2)C1. The lowest BCUT2D eigenvalue weighted by molar-refractivity contribution is 0.156. The minimum Gasteiger partial charge on any atom is -0.383 e. The van der Waals surface area contributed by atoms with Crippen molar-refractivity contribution >= 4 is 10.2 Å². The van der Waals surface area contributed by atoms with Gasteiger partial charge in [0.15, 0.2) is 0 Å². The van der Waals surface area contributed by atoms with Crippen LogP contribution in [0.4, 0.5) is 0 Å². The number of nitriles is 1. The Morgan fingerprint density at radius 3 is 2.86 bits per heavy atom. The maximum atomic E-state index is 12.7. The Labute approximate surface area is 126 Å². The zero-order chi connectivity index (χ0) is 15.3. The molecule has 2 rings (SSSR count). The van der Waals surface area contributed by atoms with E-state index in [1.165, 1.54) is 15.7 Å². The van der Waals surface area contributed by atoms with Crippen molar-refractivity contribution in [2.45, 2.75) is 19.3 Å². The second-order valence-electron chi connectivity index (χ2n) is 5.69. The van der Waals surface area contributed by atoms with E-state index >= 15 is 0 Å². The van der Waals surface area contributed by atoms with Crippen molar-refractivity contribution in [2.75, 3.05) is 53.1 Å². The molecule has 0 saturated carbocycles. The standard InChI is InChI=1S/C13H23N3O4S/c1-19-10-8-15(6-2-5-14)21(17,18)16-7-3-13(11-16)4-9-20-12-13/h2-4,6-12H2,1H3/t13-/m1/s1. The van der Waals surface area contributed by atoms with E-state index in [2.05, 4.69) is 0 Å². The number of methoxy groups -OCH3 is 1. The van der Waals surface area contributed by atoms with Crippen molar-refractivity contribution < 1.29 is 17.9 Å². The molecule has 7 nitrogen and oxygen atoms in total. The van der Waals surface area contributed by atoms with Crippen LogP contribution in [0.1, 0.15) is 19.3 Å². The monoisotopic (exact) mass is 317 g/mol. The minimum atomic E-state index is -3.53. The molecule has 8 heteroatoms. The molecule has 0 bridgehead atoms. The smallest absolute Gasteiger partial charge is 0.282 e. The van der Waals surface area contributed by atoms with E-state index < -0.39 is 10.2 Å². The van der Waals surface area contributed by atoms with Crippen LogP contribution in [-0.2, 0) is 19.7 Å². The van der Waals surface area contributed by atoms with E-state index in [4.69, 9.17) is 14.7 Å². The third kappa shape index (κ3) is 3.73. The predicted octanol–water partition coefficient (Wildman–Crippen LogP) is 0.206. The van der Waals surface area contributed by atoms with Crippen molar-refractivity contribution in [1.82, 2.24) is 8.61 Å². The van der Waals surface area contributed by atoms with Crippen LogP contribution in [0.2, 0.25) is 0 Å². The Morgan fingerprint density at radius 2 is 2.24 bits per heavy atom. The lowest BCUT2D eigenvalue weighted by Gasteiger charge is -2.28. The summed E-state index contributed by atoms with van der Waals surface area (Å²) in [7, 11) is -1.99. The second-order valence-corrected chi connectivity index (χ2v) is 7.62. The van der Waals surface area contributed by atoms with Gasteiger partial charge in [0.25, 0.3) is 10.2 Å². The van der Waals surface area contributed by atoms with Crippen molar-refractivity contribution in [3.8, 4) is 6.07 Å². The molecule has 1 spiro atoms. The molecule has 0 N–H and O–H groups in total. The maximum absolute atomic E-state index is 12.7. The molecule has 0 aromatic rings. The quantitative estimate of drug-likeness (QED) is 0.670. The van der Waals surface area contributed by atoms with Crippen molar-refractivity contribution in [3.63, 3.8) is 0 Å². The Hall–Kier alpha value is -0.720. The second kappa shape index (κ2) is 7.03. The maximum Gasteiger partial charge on any atom is 0.282 e. The van der Waals surface area contributed by atoms with Crippen LogP contribution in [0.25, 0.3) is 0 Å². The molecule has 0 aliphatic carbocycles. The van der Waals surface area contributed by atoms with Gasteiger partial charge >= 0.3 is 0 Å². The van der Waals surface area contributed by atoms with Crippen molar-refractivity contribution in [1.29, 1.82) is 5.26 Å². The van der Waals surface area contributed by atoms with Crippen molar-refractivity contribution in [3.05, 3.63) is 0 Å². The molecule has 0 aromatic heterocycles. The van der Waals surface area contributed by atoms with Gasteiger partial charge in [-0.25, -0.2) is 0 Å². The van der Waals surface area contributed by atoms with Gasteiger partial charge in [0.05, 0.1) is 19.3 Å². The minimum absolute atomic E-state index is 0.00474. The number of hydrogen-bond acceptors (Lipinski definition) is 5. The van der Waals surface area contributed by atoms with Gasteiger partial charge in [0.1, 0.15) is 0 Å². The normalized spacial score (nSPS) is 26.7. The molecule has 0 amide bonds. The first-order chi connectivity index (χ1) is 10.0. The topological polar surface area (TPSA) is 82.9 Å². The van der Waals surface area contributed by atoms with Crippen LogP contribution in [0, 0.1) is 16.7 Å². The highest BCUT2D eigenvalue weighted by Gasteiger charge is 2.46. The zero-order valence-corrected chi connectivity index (χ0v) is 13.3. The molecular weight excluding hydrogens is 294 g/mol. The largest absolute Gasteiger partial charge is 0.383 e. The molecule has 2 aliphatic heterocycles. The lowest BCUT2D eigenvalue weighted by atomic mass is 9.87. The van der Waals surface area contributed by atoms with Crippen LogP contribution < -0.4 is 0 Å². The van der Waals surface area contributed by atoms with Gasteiger partial charge < -0.3 is 9.47 Å². The van der Waals surface area contributed by atoms with Crippen LogP contribution in [-0.4, -0.2) is 70.1 Å². The van der Waals surface area contributed by atoms with E-state index in [1.54, 1.807) is 0 Å². The van der Waals surface area contributed by atoms with Gasteiger partial charge in [-0.1, -0.05) is 0 Å². The molecule has 0 unspecified atom stereocenters. The summed E-state index contributed by atoms with van der Waals surface area (Å²) >= 11 is 0. The molecular formula is C13H23N3O4S. The van der Waals surface area contributed by atoms with E-state index in [9.17, 15) is 8.42 Å². The average molecular weight is 317 g/mol. The molecule has 0 radical (unpaired) electrons. The molecule has 0 aromatic carbocycles. The van der Waals surface area contributed by atoms with Crippen molar-refractivity contribution in [2.24, 2.45) is 5.41 Å². The fourth-order valence-electron chi connectivity index (χ4n) is 2.94. The molecule has 1 atom stereocenters. The van der Waals surface area contributed by atoms with E-state index in [0.29, 0.717) is 26.3 Å². The molecule has 2 heterocycles. The van der Waals surface area contributed by atoms with Gasteiger partial charge in [-0.15, -0.1) is 0 Å². The summed E-state index contributed by atoms with van der Waals surface area (Å²) in [4.78, 5) is 0. The third-order valence-corrected chi connectivity index (χ3v) is 6.24. The number of ether oxygens (including phenoxy) is 2. The van der Waals surface area contributed by atoms with Gasteiger partial charge in [-0.3, -0.25) is 0 Å². The summed E-state index contributed by atoms with van der Waals surface area (Å²) < 4.78 is 38.8. The first kappa shape index (κ1) is 16.6. The fourth-order valence-corrected chi connectivity index (χ4v) is 4.65. The summed E-state index contributed by atoms with van der Waals surface area (Å²) in [6, 6.07) is 2.00. The first-order valence-corrected chi connectivity index (χ1v) is 8.63. The highest BCUT2D eigenvalue weighted by molar-refractivity contribution is 7.86. The Morgan fingerprint density at radius 1 is 1.43 bits per heavy atom. The summed E-state index contributed by atoms with van der Waals surface area (Å²) in [5, 5.41) is 8.71. The highest BCUT2D eigenvalue weighted by atomic mass is 32.2. The highest BCUT2D eigenvalue weighted by Crippen LogP contribution is 2.39. The first-order valence-electron chi connectivity index (χ1n) is 7.23. The molecule has 21 heavy (non-hydrogen) atoms. The molecule has 2 fully saturated rings. The van der Waals surface area contributed by atoms with Crippen LogP contribution in [0.15, 0.2) is 0 Å². The number of rotatable bonds is 7. The number of hydrogen-bond donors (Lipinski definition) is 0. The Bertz CT molecular complexity index is 482. The summed E-state index contributed by atoms with van der Waals surface area (Å²) in [6.45, 7) is 3.23. The predicted molar refractivity (Wildman–Crippen MR) is 76.7 cm³/mol. The van der Waals surface area contributed by atoms with E-state index in [-0.39, 0.29) is 24.9 Å². The lowest BCUT2D eigenvalue weighted by Crippen LogP contribution is -2.45. The van der Waals surface area contributed by atoms with Crippen LogP contribution >= 0.6 is 0 Å². The van der Waals surface area contributed by atoms with Gasteiger partial charge in [0, 0.05) is 51.7 Å². The third-order valence-electron chi connectivity index (χ3n) is 4.26. The summed E-state index contributed by atoms with van der Waals surface area (Å²) in [5.74, 6) is 0. The molecule has 2 saturated heterocycles. The Balaban J connectivity index is 2.05. The van der Waals surface area contributed by atoms with Gasteiger partial charge in [0.2, 0.25) is 0 Å². The van der Waals surface area contributed by atoms with Gasteiger partial charge in [-0.2, -0.15) is 22.3 Å². The van der Waals surface area contributed by atoms with Gasteiger partial charge in [-0.05, 0) is 12.8 Å². The van der Waals surface area contributed by atoms with Crippen LogP contribution in [0.5, 0.6) is 0 Å². The summed E-state index contributed by atoms with van der Waals surface area (Å²) in [5.41, 5.74) is -0.00474. The average Bonchev–Trinajstić information content (AvgIpc) is 3.10. The zero-order valence-electron chi connectivity index (χ0n) is 12.5. The number of nitrogens with zero attached hydrogens (tertiary/aromatic N) is 3. The molecule has 120 valence electrons. The Kier molecular flexibility index (Phi) is 5.57. The van der Waals surface area contributed by atoms with Crippen LogP contribution in [0.3, 0.4) is 0 Å². The van der Waals surface area contributed by atoms with E-state index in [0.717, 1.165) is 19.4 Å². The molecule has 2 aliphatic rings. The fraction of sp³-hybridized carbons (Fsp3) is 0.923. The van der Waals surface area contributed by atoms with E-state index in [1.807, 2.05) is 6.07 Å². The summed E-state index contributed by atoms with van der Waals surface area (Å²) in [6.07, 6.45) is 1.96.